The van der Waals surface area contributed by atoms with Gasteiger partial charge in [0.1, 0.15) is 29.0 Å². The smallest absolute Gasteiger partial charge is 0.217 e. The number of furan rings is 1. The highest BCUT2D eigenvalue weighted by atomic mass is 16.4. The van der Waals surface area contributed by atoms with E-state index in [1.807, 2.05) is 104 Å². The van der Waals surface area contributed by atoms with Crippen molar-refractivity contribution in [2.24, 2.45) is 0 Å². The molecule has 0 saturated carbocycles. The van der Waals surface area contributed by atoms with Gasteiger partial charge in [0.15, 0.2) is 0 Å². The summed E-state index contributed by atoms with van der Waals surface area (Å²) in [5.74, 6) is 2.17. The largest absolute Gasteiger partial charge is 0.438 e. The van der Waals surface area contributed by atoms with Gasteiger partial charge in [0.25, 0.3) is 0 Å². The molecule has 0 spiro atoms. The summed E-state index contributed by atoms with van der Waals surface area (Å²) >= 11 is 0. The molecule has 0 fully saturated rings. The summed E-state index contributed by atoms with van der Waals surface area (Å²) in [4.78, 5) is 9.08. The zero-order chi connectivity index (χ0) is 22.6. The van der Waals surface area contributed by atoms with Crippen molar-refractivity contribution in [3.8, 4) is 39.8 Å². The van der Waals surface area contributed by atoms with Crippen LogP contribution in [0.5, 0.6) is 0 Å². The average molecular weight is 428 g/mol. The van der Waals surface area contributed by atoms with Crippen molar-refractivity contribution in [2.75, 3.05) is 5.32 Å². The van der Waals surface area contributed by atoms with E-state index in [1.54, 1.807) is 0 Å². The predicted octanol–water partition coefficient (Wildman–Crippen LogP) is 6.99. The first-order valence-corrected chi connectivity index (χ1v) is 10.6. The van der Waals surface area contributed by atoms with Gasteiger partial charge in [-0.15, -0.1) is 0 Å². The van der Waals surface area contributed by atoms with Crippen molar-refractivity contribution in [3.63, 3.8) is 0 Å². The van der Waals surface area contributed by atoms with Crippen LogP contribution < -0.4 is 5.32 Å². The molecule has 158 valence electrons. The minimum atomic E-state index is 0.354. The van der Waals surface area contributed by atoms with Crippen LogP contribution in [-0.2, 0) is 0 Å². The van der Waals surface area contributed by atoms with Crippen molar-refractivity contribution in [1.29, 1.82) is 5.26 Å². The summed E-state index contributed by atoms with van der Waals surface area (Å²) in [5, 5.41) is 13.3. The summed E-state index contributed by atoms with van der Waals surface area (Å²) < 4.78 is 6.27. The molecule has 2 heterocycles. The van der Waals surface area contributed by atoms with Crippen LogP contribution in [-0.4, -0.2) is 9.97 Å². The second kappa shape index (κ2) is 8.81. The molecule has 0 atom stereocenters. The van der Waals surface area contributed by atoms with E-state index in [0.717, 1.165) is 27.9 Å². The van der Waals surface area contributed by atoms with Crippen LogP contribution in [0.25, 0.3) is 33.7 Å². The molecule has 1 N–H and O–H groups in total. The average Bonchev–Trinajstić information content (AvgIpc) is 3.23. The maximum absolute atomic E-state index is 10.1. The van der Waals surface area contributed by atoms with Gasteiger partial charge in [-0.05, 0) is 12.5 Å². The number of aryl methyl sites for hydroxylation is 1. The Hall–Kier alpha value is -4.69. The molecular weight excluding hydrogens is 408 g/mol. The van der Waals surface area contributed by atoms with E-state index in [2.05, 4.69) is 21.4 Å². The van der Waals surface area contributed by atoms with Gasteiger partial charge in [-0.3, -0.25) is 0 Å². The van der Waals surface area contributed by atoms with E-state index in [1.165, 1.54) is 0 Å². The van der Waals surface area contributed by atoms with Crippen molar-refractivity contribution < 1.29 is 4.42 Å². The minimum Gasteiger partial charge on any atom is -0.438 e. The number of rotatable bonds is 5. The second-order valence-corrected chi connectivity index (χ2v) is 7.53. The molecular formula is C28H20N4O. The molecule has 5 aromatic rings. The molecule has 33 heavy (non-hydrogen) atoms. The number of hydrogen-bond donors (Lipinski definition) is 1. The molecule has 5 nitrogen and oxygen atoms in total. The molecule has 3 aromatic carbocycles. The molecule has 5 heteroatoms. The maximum atomic E-state index is 10.1. The van der Waals surface area contributed by atoms with Gasteiger partial charge in [0.05, 0.1) is 5.69 Å². The molecule has 0 saturated heterocycles. The Labute approximate surface area is 192 Å². The van der Waals surface area contributed by atoms with E-state index < -0.39 is 0 Å². The lowest BCUT2D eigenvalue weighted by molar-refractivity contribution is 0.599. The van der Waals surface area contributed by atoms with E-state index in [0.29, 0.717) is 28.9 Å². The number of aromatic nitrogens is 2. The first kappa shape index (κ1) is 20.2. The van der Waals surface area contributed by atoms with Crippen molar-refractivity contribution in [2.45, 2.75) is 6.92 Å². The van der Waals surface area contributed by atoms with Crippen LogP contribution in [0.4, 0.5) is 11.7 Å². The molecule has 0 aliphatic rings. The van der Waals surface area contributed by atoms with Crippen LogP contribution >= 0.6 is 0 Å². The quantitative estimate of drug-likeness (QED) is 0.326. The molecule has 0 amide bonds. The number of nitrogens with zero attached hydrogens (tertiary/aromatic N) is 3. The van der Waals surface area contributed by atoms with Gasteiger partial charge in [-0.25, -0.2) is 9.97 Å². The summed E-state index contributed by atoms with van der Waals surface area (Å²) in [6.07, 6.45) is 0. The number of hydrogen-bond acceptors (Lipinski definition) is 5. The number of benzene rings is 3. The molecule has 0 unspecified atom stereocenters. The summed E-state index contributed by atoms with van der Waals surface area (Å²) in [5.41, 5.74) is 4.76. The second-order valence-electron chi connectivity index (χ2n) is 7.53. The van der Waals surface area contributed by atoms with Crippen LogP contribution in [0.3, 0.4) is 0 Å². The summed E-state index contributed by atoms with van der Waals surface area (Å²) in [7, 11) is 0. The Bertz CT molecular complexity index is 1440. The topological polar surface area (TPSA) is 74.7 Å². The van der Waals surface area contributed by atoms with Gasteiger partial charge in [-0.1, -0.05) is 91.0 Å². The van der Waals surface area contributed by atoms with E-state index in [9.17, 15) is 5.26 Å². The van der Waals surface area contributed by atoms with Crippen LogP contribution in [0, 0.1) is 18.3 Å². The highest BCUT2D eigenvalue weighted by molar-refractivity contribution is 5.89. The third-order valence-corrected chi connectivity index (χ3v) is 5.27. The molecule has 0 aliphatic carbocycles. The molecule has 0 radical (unpaired) electrons. The first-order chi connectivity index (χ1) is 16.2. The predicted molar refractivity (Wildman–Crippen MR) is 130 cm³/mol. The molecule has 0 bridgehead atoms. The van der Waals surface area contributed by atoms with Gasteiger partial charge in [-0.2, -0.15) is 5.26 Å². The third-order valence-electron chi connectivity index (χ3n) is 5.27. The van der Waals surface area contributed by atoms with Crippen molar-refractivity contribution >= 4 is 11.7 Å². The monoisotopic (exact) mass is 428 g/mol. The minimum absolute atomic E-state index is 0.354. The lowest BCUT2D eigenvalue weighted by Crippen LogP contribution is -1.99. The Morgan fingerprint density at radius 1 is 0.758 bits per heavy atom. The third kappa shape index (κ3) is 4.10. The highest BCUT2D eigenvalue weighted by Crippen LogP contribution is 2.42. The first-order valence-electron chi connectivity index (χ1n) is 10.6. The Balaban J connectivity index is 1.64. The van der Waals surface area contributed by atoms with Crippen LogP contribution in [0.2, 0.25) is 0 Å². The van der Waals surface area contributed by atoms with Crippen LogP contribution in [0.15, 0.2) is 101 Å². The van der Waals surface area contributed by atoms with Crippen molar-refractivity contribution in [3.05, 3.63) is 108 Å². The number of nitriles is 1. The Kier molecular flexibility index (Phi) is 5.40. The number of anilines is 2. The fraction of sp³-hybridized carbons (Fsp3) is 0.0357. The molecule has 5 rings (SSSR count). The zero-order valence-corrected chi connectivity index (χ0v) is 18.0. The Morgan fingerprint density at radius 3 is 1.94 bits per heavy atom. The fourth-order valence-corrected chi connectivity index (χ4v) is 3.80. The van der Waals surface area contributed by atoms with E-state index >= 15 is 0 Å². The normalized spacial score (nSPS) is 10.5. The number of nitrogens with one attached hydrogen (secondary N) is 1. The lowest BCUT2D eigenvalue weighted by atomic mass is 9.98. The Morgan fingerprint density at radius 2 is 1.33 bits per heavy atom. The van der Waals surface area contributed by atoms with Gasteiger partial charge < -0.3 is 9.73 Å². The maximum Gasteiger partial charge on any atom is 0.217 e. The van der Waals surface area contributed by atoms with Gasteiger partial charge >= 0.3 is 0 Å². The zero-order valence-electron chi connectivity index (χ0n) is 18.0. The SMILES string of the molecule is Cc1nc(Nc2oc(-c3ccccc3)c(-c3ccccc3)c2C#N)cc(-c2ccccc2)n1. The van der Waals surface area contributed by atoms with Crippen LogP contribution in [0.1, 0.15) is 11.4 Å². The van der Waals surface area contributed by atoms with Gasteiger partial charge in [0.2, 0.25) is 5.88 Å². The van der Waals surface area contributed by atoms with Crippen molar-refractivity contribution in [1.82, 2.24) is 9.97 Å². The fourth-order valence-electron chi connectivity index (χ4n) is 3.80. The summed E-state index contributed by atoms with van der Waals surface area (Å²) in [6.45, 7) is 1.84. The standard InChI is InChI=1S/C28H20N4O/c1-19-30-24(20-11-5-2-6-12-20)17-25(31-19)32-28-23(18-29)26(21-13-7-3-8-14-21)27(33-28)22-15-9-4-10-16-22/h2-17H,1H3,(H,30,31,32). The summed E-state index contributed by atoms with van der Waals surface area (Å²) in [6, 6.07) is 33.7. The van der Waals surface area contributed by atoms with E-state index in [4.69, 9.17) is 4.42 Å². The molecule has 0 aliphatic heterocycles. The van der Waals surface area contributed by atoms with Gasteiger partial charge in [0, 0.05) is 22.8 Å². The lowest BCUT2D eigenvalue weighted by Gasteiger charge is -2.07. The molecule has 2 aromatic heterocycles. The van der Waals surface area contributed by atoms with E-state index in [-0.39, 0.29) is 0 Å². The highest BCUT2D eigenvalue weighted by Gasteiger charge is 2.23.